The summed E-state index contributed by atoms with van der Waals surface area (Å²) < 4.78 is 44.2. The average Bonchev–Trinajstić information content (AvgIpc) is 2.61. The summed E-state index contributed by atoms with van der Waals surface area (Å²) >= 11 is 0. The molecular formula is C20H22F3N3O3. The van der Waals surface area contributed by atoms with Crippen LogP contribution in [-0.2, 0) is 15.8 Å². The van der Waals surface area contributed by atoms with Crippen molar-refractivity contribution >= 4 is 23.2 Å². The zero-order chi connectivity index (χ0) is 21.6. The molecule has 0 saturated heterocycles. The molecule has 0 bridgehead atoms. The molecule has 0 saturated carbocycles. The maximum atomic E-state index is 13.0. The molecule has 2 aromatic rings. The lowest BCUT2D eigenvalue weighted by atomic mass is 10.1. The van der Waals surface area contributed by atoms with E-state index in [0.29, 0.717) is 11.4 Å². The highest BCUT2D eigenvalue weighted by molar-refractivity contribution is 5.95. The standard InChI is InChI=1S/C20H22F3N3O3/c1-13-8-9-17(29-3)16(10-13)25-19(28)12-26(2)11-18(27)24-15-7-5-4-6-14(15)20(21,22)23/h4-10H,11-12H2,1-3H3,(H,24,27)(H,25,28). The predicted octanol–water partition coefficient (Wildman–Crippen LogP) is 3.53. The highest BCUT2D eigenvalue weighted by Crippen LogP contribution is 2.34. The van der Waals surface area contributed by atoms with E-state index < -0.39 is 17.6 Å². The van der Waals surface area contributed by atoms with Crippen LogP contribution in [0.15, 0.2) is 42.5 Å². The molecule has 0 aromatic heterocycles. The molecule has 29 heavy (non-hydrogen) atoms. The van der Waals surface area contributed by atoms with Crippen molar-refractivity contribution in [3.63, 3.8) is 0 Å². The number of hydrogen-bond donors (Lipinski definition) is 2. The third-order valence-electron chi connectivity index (χ3n) is 3.96. The highest BCUT2D eigenvalue weighted by Gasteiger charge is 2.33. The maximum absolute atomic E-state index is 13.0. The Morgan fingerprint density at radius 3 is 2.17 bits per heavy atom. The molecule has 2 N–H and O–H groups in total. The Bertz CT molecular complexity index is 885. The van der Waals surface area contributed by atoms with Gasteiger partial charge in [-0.2, -0.15) is 13.2 Å². The van der Waals surface area contributed by atoms with Crippen LogP contribution in [0, 0.1) is 6.92 Å². The minimum absolute atomic E-state index is 0.133. The van der Waals surface area contributed by atoms with Gasteiger partial charge in [-0.1, -0.05) is 18.2 Å². The zero-order valence-electron chi connectivity index (χ0n) is 16.3. The number of carbonyl (C=O) groups excluding carboxylic acids is 2. The van der Waals surface area contributed by atoms with E-state index in [1.54, 1.807) is 12.1 Å². The number of halogens is 3. The number of para-hydroxylation sites is 1. The van der Waals surface area contributed by atoms with E-state index in [1.165, 1.54) is 37.3 Å². The molecule has 9 heteroatoms. The Morgan fingerprint density at radius 2 is 1.59 bits per heavy atom. The molecule has 0 radical (unpaired) electrons. The SMILES string of the molecule is COc1ccc(C)cc1NC(=O)CN(C)CC(=O)Nc1ccccc1C(F)(F)F. The Labute approximate surface area is 166 Å². The second-order valence-electron chi connectivity index (χ2n) is 6.52. The third-order valence-corrected chi connectivity index (χ3v) is 3.96. The van der Waals surface area contributed by atoms with Crippen LogP contribution in [0.1, 0.15) is 11.1 Å². The summed E-state index contributed by atoms with van der Waals surface area (Å²) in [5, 5.41) is 4.94. The normalized spacial score (nSPS) is 11.3. The summed E-state index contributed by atoms with van der Waals surface area (Å²) in [6.07, 6.45) is -4.58. The summed E-state index contributed by atoms with van der Waals surface area (Å²) in [4.78, 5) is 25.7. The van der Waals surface area contributed by atoms with Crippen LogP contribution in [0.25, 0.3) is 0 Å². The Kier molecular flexibility index (Phi) is 7.22. The number of hydrogen-bond acceptors (Lipinski definition) is 4. The Balaban J connectivity index is 1.94. The monoisotopic (exact) mass is 409 g/mol. The predicted molar refractivity (Wildman–Crippen MR) is 104 cm³/mol. The van der Waals surface area contributed by atoms with E-state index >= 15 is 0 Å². The minimum Gasteiger partial charge on any atom is -0.495 e. The molecule has 0 fully saturated rings. The lowest BCUT2D eigenvalue weighted by Crippen LogP contribution is -2.36. The van der Waals surface area contributed by atoms with Crippen LogP contribution in [0.3, 0.4) is 0 Å². The van der Waals surface area contributed by atoms with Gasteiger partial charge in [-0.15, -0.1) is 0 Å². The molecule has 0 atom stereocenters. The first-order valence-corrected chi connectivity index (χ1v) is 8.69. The second-order valence-corrected chi connectivity index (χ2v) is 6.52. The summed E-state index contributed by atoms with van der Waals surface area (Å²) in [5.74, 6) is -0.557. The fourth-order valence-corrected chi connectivity index (χ4v) is 2.68. The molecule has 0 aliphatic carbocycles. The van der Waals surface area contributed by atoms with Gasteiger partial charge in [0.15, 0.2) is 0 Å². The molecule has 0 spiro atoms. The van der Waals surface area contributed by atoms with Gasteiger partial charge in [-0.3, -0.25) is 14.5 Å². The number of nitrogens with one attached hydrogen (secondary N) is 2. The van der Waals surface area contributed by atoms with Gasteiger partial charge < -0.3 is 15.4 Å². The van der Waals surface area contributed by atoms with E-state index in [2.05, 4.69) is 10.6 Å². The van der Waals surface area contributed by atoms with Crippen molar-refractivity contribution in [2.45, 2.75) is 13.1 Å². The fraction of sp³-hybridized carbons (Fsp3) is 0.300. The van der Waals surface area contributed by atoms with E-state index in [1.807, 2.05) is 13.0 Å². The van der Waals surface area contributed by atoms with E-state index in [-0.39, 0.29) is 24.7 Å². The molecule has 0 unspecified atom stereocenters. The quantitative estimate of drug-likeness (QED) is 0.734. The molecule has 0 aliphatic heterocycles. The topological polar surface area (TPSA) is 70.7 Å². The van der Waals surface area contributed by atoms with Crippen LogP contribution >= 0.6 is 0 Å². The molecule has 6 nitrogen and oxygen atoms in total. The molecular weight excluding hydrogens is 387 g/mol. The molecule has 2 aromatic carbocycles. The number of aryl methyl sites for hydroxylation is 1. The summed E-state index contributed by atoms with van der Waals surface area (Å²) in [5.41, 5.74) is 0.166. The summed E-state index contributed by atoms with van der Waals surface area (Å²) in [6.45, 7) is 1.47. The number of amides is 2. The Hall–Kier alpha value is -3.07. The van der Waals surface area contributed by atoms with Crippen molar-refractivity contribution in [1.82, 2.24) is 4.90 Å². The molecule has 0 heterocycles. The number of rotatable bonds is 7. The lowest BCUT2D eigenvalue weighted by Gasteiger charge is -2.18. The summed E-state index contributed by atoms with van der Waals surface area (Å²) in [6, 6.07) is 10.0. The molecule has 2 rings (SSSR count). The lowest BCUT2D eigenvalue weighted by molar-refractivity contribution is -0.137. The number of methoxy groups -OCH3 is 1. The van der Waals surface area contributed by atoms with Crippen LogP contribution in [0.5, 0.6) is 5.75 Å². The second kappa shape index (κ2) is 9.42. The maximum Gasteiger partial charge on any atom is 0.418 e. The molecule has 2 amide bonds. The van der Waals surface area contributed by atoms with Crippen molar-refractivity contribution in [1.29, 1.82) is 0 Å². The van der Waals surface area contributed by atoms with Gasteiger partial charge in [0.2, 0.25) is 11.8 Å². The van der Waals surface area contributed by atoms with Crippen molar-refractivity contribution in [3.05, 3.63) is 53.6 Å². The Morgan fingerprint density at radius 1 is 1.00 bits per heavy atom. The molecule has 0 aliphatic rings. The van der Waals surface area contributed by atoms with Crippen molar-refractivity contribution < 1.29 is 27.5 Å². The number of benzene rings is 2. The van der Waals surface area contributed by atoms with Crippen LogP contribution in [-0.4, -0.2) is 44.0 Å². The number of nitrogens with zero attached hydrogens (tertiary/aromatic N) is 1. The zero-order valence-corrected chi connectivity index (χ0v) is 16.3. The van der Waals surface area contributed by atoms with Gasteiger partial charge in [0.1, 0.15) is 5.75 Å². The van der Waals surface area contributed by atoms with Crippen LogP contribution in [0.2, 0.25) is 0 Å². The number of alkyl halides is 3. The molecule has 156 valence electrons. The first-order valence-electron chi connectivity index (χ1n) is 8.69. The van der Waals surface area contributed by atoms with Gasteiger partial charge in [0.25, 0.3) is 0 Å². The number of anilines is 2. The van der Waals surface area contributed by atoms with Crippen LogP contribution < -0.4 is 15.4 Å². The minimum atomic E-state index is -4.58. The fourth-order valence-electron chi connectivity index (χ4n) is 2.68. The number of carbonyl (C=O) groups is 2. The van der Waals surface area contributed by atoms with Gasteiger partial charge in [-0.05, 0) is 43.8 Å². The first-order chi connectivity index (χ1) is 13.6. The van der Waals surface area contributed by atoms with Gasteiger partial charge in [0.05, 0.1) is 37.1 Å². The highest BCUT2D eigenvalue weighted by atomic mass is 19.4. The van der Waals surface area contributed by atoms with Gasteiger partial charge >= 0.3 is 6.18 Å². The smallest absolute Gasteiger partial charge is 0.418 e. The average molecular weight is 409 g/mol. The van der Waals surface area contributed by atoms with E-state index in [4.69, 9.17) is 4.74 Å². The summed E-state index contributed by atoms with van der Waals surface area (Å²) in [7, 11) is 3.00. The van der Waals surface area contributed by atoms with E-state index in [9.17, 15) is 22.8 Å². The van der Waals surface area contributed by atoms with Crippen molar-refractivity contribution in [2.75, 3.05) is 37.9 Å². The number of ether oxygens (including phenoxy) is 1. The first kappa shape index (κ1) is 22.2. The van der Waals surface area contributed by atoms with Crippen LogP contribution in [0.4, 0.5) is 24.5 Å². The van der Waals surface area contributed by atoms with E-state index in [0.717, 1.165) is 11.6 Å². The van der Waals surface area contributed by atoms with Crippen molar-refractivity contribution in [3.8, 4) is 5.75 Å². The van der Waals surface area contributed by atoms with Gasteiger partial charge in [0, 0.05) is 0 Å². The third kappa shape index (κ3) is 6.49. The van der Waals surface area contributed by atoms with Crippen molar-refractivity contribution in [2.24, 2.45) is 0 Å². The number of likely N-dealkylation sites (N-methyl/N-ethyl adjacent to an activating group) is 1. The largest absolute Gasteiger partial charge is 0.495 e. The van der Waals surface area contributed by atoms with Gasteiger partial charge in [-0.25, -0.2) is 0 Å².